The Morgan fingerprint density at radius 3 is 2.38 bits per heavy atom. The van der Waals surface area contributed by atoms with Crippen molar-refractivity contribution in [3.05, 3.63) is 77.9 Å². The Labute approximate surface area is 191 Å². The lowest BCUT2D eigenvalue weighted by atomic mass is 10.1. The molecule has 164 valence electrons. The highest BCUT2D eigenvalue weighted by Gasteiger charge is 2.18. The van der Waals surface area contributed by atoms with Gasteiger partial charge in [-0.25, -0.2) is 0 Å². The molecule has 1 aliphatic rings. The molecule has 0 fully saturated rings. The smallest absolute Gasteiger partial charge is 0.251 e. The van der Waals surface area contributed by atoms with Crippen LogP contribution in [0.5, 0.6) is 11.5 Å². The van der Waals surface area contributed by atoms with E-state index in [2.05, 4.69) is 10.6 Å². The first-order valence-corrected chi connectivity index (χ1v) is 11.2. The van der Waals surface area contributed by atoms with E-state index in [0.717, 1.165) is 15.4 Å². The van der Waals surface area contributed by atoms with E-state index >= 15 is 0 Å². The first-order valence-electron chi connectivity index (χ1n) is 10.4. The summed E-state index contributed by atoms with van der Waals surface area (Å²) in [6.07, 6.45) is 0.154. The van der Waals surface area contributed by atoms with Gasteiger partial charge in [0.15, 0.2) is 11.5 Å². The van der Waals surface area contributed by atoms with Crippen molar-refractivity contribution in [3.63, 3.8) is 0 Å². The third-order valence-electron chi connectivity index (χ3n) is 4.92. The number of amides is 2. The van der Waals surface area contributed by atoms with Gasteiger partial charge in [-0.3, -0.25) is 9.59 Å². The zero-order chi connectivity index (χ0) is 22.3. The topological polar surface area (TPSA) is 76.7 Å². The van der Waals surface area contributed by atoms with Crippen LogP contribution in [0, 0.1) is 6.92 Å². The maximum Gasteiger partial charge on any atom is 0.251 e. The molecule has 0 radical (unpaired) electrons. The summed E-state index contributed by atoms with van der Waals surface area (Å²) in [5.74, 6) is 0.896. The predicted molar refractivity (Wildman–Crippen MR) is 125 cm³/mol. The van der Waals surface area contributed by atoms with Crippen LogP contribution in [0.3, 0.4) is 0 Å². The first-order chi connectivity index (χ1) is 15.6. The van der Waals surface area contributed by atoms with E-state index in [0.29, 0.717) is 36.0 Å². The Hall–Kier alpha value is -3.45. The monoisotopic (exact) mass is 448 g/mol. The zero-order valence-corrected chi connectivity index (χ0v) is 18.5. The Balaban J connectivity index is 1.42. The summed E-state index contributed by atoms with van der Waals surface area (Å²) in [6.45, 7) is 3.09. The van der Waals surface area contributed by atoms with Crippen LogP contribution in [-0.2, 0) is 4.79 Å². The zero-order valence-electron chi connectivity index (χ0n) is 17.7. The summed E-state index contributed by atoms with van der Waals surface area (Å²) in [6, 6.07) is 21.0. The molecule has 0 aromatic heterocycles. The number of anilines is 1. The van der Waals surface area contributed by atoms with E-state index < -0.39 is 0 Å². The summed E-state index contributed by atoms with van der Waals surface area (Å²) in [7, 11) is 0. The molecule has 1 heterocycles. The number of benzene rings is 3. The van der Waals surface area contributed by atoms with Gasteiger partial charge >= 0.3 is 0 Å². The molecule has 3 aromatic rings. The maximum atomic E-state index is 12.6. The van der Waals surface area contributed by atoms with E-state index in [-0.39, 0.29) is 24.8 Å². The van der Waals surface area contributed by atoms with Crippen molar-refractivity contribution in [3.8, 4) is 11.5 Å². The third-order valence-corrected chi connectivity index (χ3v) is 5.98. The summed E-state index contributed by atoms with van der Waals surface area (Å²) in [5, 5.41) is 5.77. The number of fused-ring (bicyclic) bond motifs is 1. The van der Waals surface area contributed by atoms with Crippen LogP contribution in [0.25, 0.3) is 0 Å². The average molecular weight is 449 g/mol. The number of carbonyl (C=O) groups excluding carboxylic acids is 2. The summed E-state index contributed by atoms with van der Waals surface area (Å²) >= 11 is 1.54. The molecule has 0 aliphatic carbocycles. The van der Waals surface area contributed by atoms with Crippen LogP contribution in [-0.4, -0.2) is 31.6 Å². The van der Waals surface area contributed by atoms with Crippen LogP contribution in [0.15, 0.2) is 76.5 Å². The third kappa shape index (κ3) is 5.42. The van der Waals surface area contributed by atoms with Gasteiger partial charge in [-0.2, -0.15) is 0 Å². The Kier molecular flexibility index (Phi) is 6.97. The van der Waals surface area contributed by atoms with Gasteiger partial charge in [0.05, 0.1) is 5.69 Å². The lowest BCUT2D eigenvalue weighted by Gasteiger charge is -2.21. The molecule has 7 heteroatoms. The Bertz CT molecular complexity index is 1120. The molecule has 4 rings (SSSR count). The van der Waals surface area contributed by atoms with Crippen LogP contribution in [0.1, 0.15) is 22.3 Å². The fourth-order valence-corrected chi connectivity index (χ4v) is 4.23. The summed E-state index contributed by atoms with van der Waals surface area (Å²) < 4.78 is 11.4. The second kappa shape index (κ2) is 10.2. The van der Waals surface area contributed by atoms with E-state index in [4.69, 9.17) is 9.47 Å². The number of nitrogens with one attached hydrogen (secondary N) is 2. The minimum absolute atomic E-state index is 0.154. The van der Waals surface area contributed by atoms with Gasteiger partial charge in [-0.15, -0.1) is 0 Å². The molecule has 0 unspecified atom stereocenters. The van der Waals surface area contributed by atoms with Crippen LogP contribution in [0.2, 0.25) is 0 Å². The van der Waals surface area contributed by atoms with Crippen LogP contribution >= 0.6 is 11.8 Å². The number of hydrogen-bond acceptors (Lipinski definition) is 5. The predicted octanol–water partition coefficient (Wildman–Crippen LogP) is 4.68. The van der Waals surface area contributed by atoms with Gasteiger partial charge in [0, 0.05) is 40.5 Å². The molecule has 0 bridgehead atoms. The summed E-state index contributed by atoms with van der Waals surface area (Å²) in [5.41, 5.74) is 2.16. The fraction of sp³-hybridized carbons (Fsp3) is 0.200. The number of rotatable bonds is 7. The minimum atomic E-state index is -0.193. The van der Waals surface area contributed by atoms with Crippen molar-refractivity contribution < 1.29 is 19.1 Å². The Morgan fingerprint density at radius 2 is 1.62 bits per heavy atom. The molecule has 1 aliphatic heterocycles. The summed E-state index contributed by atoms with van der Waals surface area (Å²) in [4.78, 5) is 26.9. The molecule has 3 aromatic carbocycles. The highest BCUT2D eigenvalue weighted by molar-refractivity contribution is 7.99. The number of hydrogen-bond donors (Lipinski definition) is 2. The van der Waals surface area contributed by atoms with Crippen molar-refractivity contribution in [2.75, 3.05) is 25.1 Å². The second-order valence-electron chi connectivity index (χ2n) is 7.28. The molecular formula is C25H24N2O4S. The highest BCUT2D eigenvalue weighted by Crippen LogP contribution is 2.42. The Morgan fingerprint density at radius 1 is 0.938 bits per heavy atom. The van der Waals surface area contributed by atoms with Crippen LogP contribution in [0.4, 0.5) is 5.69 Å². The second-order valence-corrected chi connectivity index (χ2v) is 8.39. The molecule has 32 heavy (non-hydrogen) atoms. The standard InChI is InChI=1S/C25H24N2O4S/c1-17-7-5-6-10-19(17)25(29)26-12-11-24(28)27-20-15-21-22(31-14-13-30-21)16-23(20)32-18-8-3-2-4-9-18/h2-10,15-16H,11-14H2,1H3,(H,26,29)(H,27,28). The fourth-order valence-electron chi connectivity index (χ4n) is 3.29. The quantitative estimate of drug-likeness (QED) is 0.549. The van der Waals surface area contributed by atoms with Crippen LogP contribution < -0.4 is 20.1 Å². The highest BCUT2D eigenvalue weighted by atomic mass is 32.2. The van der Waals surface area contributed by atoms with Gasteiger partial charge in [0.2, 0.25) is 5.91 Å². The maximum absolute atomic E-state index is 12.6. The van der Waals surface area contributed by atoms with Gasteiger partial charge in [0.1, 0.15) is 13.2 Å². The average Bonchev–Trinajstić information content (AvgIpc) is 2.80. The van der Waals surface area contributed by atoms with Crippen molar-refractivity contribution in [2.24, 2.45) is 0 Å². The molecule has 2 N–H and O–H groups in total. The van der Waals surface area contributed by atoms with E-state index in [1.165, 1.54) is 11.8 Å². The first kappa shape index (κ1) is 21.8. The van der Waals surface area contributed by atoms with Crippen molar-refractivity contribution in [1.82, 2.24) is 5.32 Å². The molecule has 0 saturated carbocycles. The van der Waals surface area contributed by atoms with Gasteiger partial charge < -0.3 is 20.1 Å². The van der Waals surface area contributed by atoms with Crippen molar-refractivity contribution in [2.45, 2.75) is 23.1 Å². The van der Waals surface area contributed by atoms with E-state index in [1.54, 1.807) is 12.1 Å². The molecule has 0 spiro atoms. The van der Waals surface area contributed by atoms with E-state index in [1.807, 2.05) is 61.5 Å². The molecule has 6 nitrogen and oxygen atoms in total. The minimum Gasteiger partial charge on any atom is -0.486 e. The lowest BCUT2D eigenvalue weighted by Crippen LogP contribution is -2.28. The van der Waals surface area contributed by atoms with Crippen molar-refractivity contribution in [1.29, 1.82) is 0 Å². The largest absolute Gasteiger partial charge is 0.486 e. The lowest BCUT2D eigenvalue weighted by molar-refractivity contribution is -0.116. The number of carbonyl (C=O) groups is 2. The SMILES string of the molecule is Cc1ccccc1C(=O)NCCC(=O)Nc1cc2c(cc1Sc1ccccc1)OCCO2. The molecular weight excluding hydrogens is 424 g/mol. The number of aryl methyl sites for hydroxylation is 1. The number of ether oxygens (including phenoxy) is 2. The molecule has 0 saturated heterocycles. The molecule has 0 atom stereocenters. The van der Waals surface area contributed by atoms with Gasteiger partial charge in [-0.1, -0.05) is 48.2 Å². The van der Waals surface area contributed by atoms with E-state index in [9.17, 15) is 9.59 Å². The normalized spacial score (nSPS) is 12.2. The van der Waals surface area contributed by atoms with Gasteiger partial charge in [-0.05, 0) is 30.7 Å². The van der Waals surface area contributed by atoms with Gasteiger partial charge in [0.25, 0.3) is 5.91 Å². The van der Waals surface area contributed by atoms with Crippen molar-refractivity contribution >= 4 is 29.3 Å². The molecule has 2 amide bonds.